The van der Waals surface area contributed by atoms with Crippen LogP contribution in [0, 0.1) is 5.92 Å². The fourth-order valence-corrected chi connectivity index (χ4v) is 1.88. The van der Waals surface area contributed by atoms with Crippen molar-refractivity contribution in [1.29, 1.82) is 0 Å². The van der Waals surface area contributed by atoms with Gasteiger partial charge in [-0.15, -0.1) is 0 Å². The molecular weight excluding hydrogens is 272 g/mol. The SMILES string of the molecule is CCN(CC(C)C(=O)O)C(=O)c1cccc(NC(C)=O)c1. The van der Waals surface area contributed by atoms with Crippen molar-refractivity contribution in [3.8, 4) is 0 Å². The standard InChI is InChI=1S/C15H20N2O4/c1-4-17(9-10(2)15(20)21)14(19)12-6-5-7-13(8-12)16-11(3)18/h5-8,10H,4,9H2,1-3H3,(H,16,18)(H,20,21). The second kappa shape index (κ2) is 7.42. The number of nitrogens with zero attached hydrogens (tertiary/aromatic N) is 1. The van der Waals surface area contributed by atoms with Crippen molar-refractivity contribution in [2.45, 2.75) is 20.8 Å². The minimum atomic E-state index is -0.937. The van der Waals surface area contributed by atoms with Gasteiger partial charge >= 0.3 is 5.97 Å². The fraction of sp³-hybridized carbons (Fsp3) is 0.400. The average molecular weight is 292 g/mol. The lowest BCUT2D eigenvalue weighted by molar-refractivity contribution is -0.141. The van der Waals surface area contributed by atoms with Crippen LogP contribution in [0.1, 0.15) is 31.1 Å². The van der Waals surface area contributed by atoms with Crippen molar-refractivity contribution in [1.82, 2.24) is 4.90 Å². The molecule has 0 bridgehead atoms. The molecule has 21 heavy (non-hydrogen) atoms. The Morgan fingerprint density at radius 1 is 1.33 bits per heavy atom. The van der Waals surface area contributed by atoms with E-state index in [2.05, 4.69) is 5.32 Å². The molecule has 0 aliphatic rings. The first-order valence-electron chi connectivity index (χ1n) is 6.74. The van der Waals surface area contributed by atoms with Crippen molar-refractivity contribution >= 4 is 23.5 Å². The quantitative estimate of drug-likeness (QED) is 0.837. The normalized spacial score (nSPS) is 11.6. The maximum absolute atomic E-state index is 12.4. The van der Waals surface area contributed by atoms with Gasteiger partial charge in [0.15, 0.2) is 0 Å². The predicted molar refractivity (Wildman–Crippen MR) is 79.1 cm³/mol. The number of carboxylic acids is 1. The molecule has 0 aliphatic heterocycles. The van der Waals surface area contributed by atoms with E-state index in [9.17, 15) is 14.4 Å². The van der Waals surface area contributed by atoms with Gasteiger partial charge < -0.3 is 15.3 Å². The molecule has 1 atom stereocenters. The summed E-state index contributed by atoms with van der Waals surface area (Å²) in [6.07, 6.45) is 0. The molecule has 0 fully saturated rings. The second-order valence-corrected chi connectivity index (χ2v) is 4.85. The van der Waals surface area contributed by atoms with Gasteiger partial charge in [-0.3, -0.25) is 14.4 Å². The summed E-state index contributed by atoms with van der Waals surface area (Å²) in [5, 5.41) is 11.5. The molecule has 0 heterocycles. The van der Waals surface area contributed by atoms with Crippen LogP contribution in [0.5, 0.6) is 0 Å². The van der Waals surface area contributed by atoms with Crippen LogP contribution >= 0.6 is 0 Å². The Bertz CT molecular complexity index is 542. The number of carbonyl (C=O) groups excluding carboxylic acids is 2. The van der Waals surface area contributed by atoms with Crippen LogP contribution in [0.2, 0.25) is 0 Å². The Morgan fingerprint density at radius 2 is 2.00 bits per heavy atom. The third-order valence-corrected chi connectivity index (χ3v) is 3.01. The molecule has 2 N–H and O–H groups in total. The minimum absolute atomic E-state index is 0.148. The lowest BCUT2D eigenvalue weighted by Gasteiger charge is -2.23. The van der Waals surface area contributed by atoms with Gasteiger partial charge in [0.05, 0.1) is 5.92 Å². The minimum Gasteiger partial charge on any atom is -0.481 e. The average Bonchev–Trinajstić information content (AvgIpc) is 2.43. The first-order chi connectivity index (χ1) is 9.85. The van der Waals surface area contributed by atoms with Gasteiger partial charge in [-0.25, -0.2) is 0 Å². The summed E-state index contributed by atoms with van der Waals surface area (Å²) in [5.74, 6) is -2.04. The first-order valence-corrected chi connectivity index (χ1v) is 6.74. The third-order valence-electron chi connectivity index (χ3n) is 3.01. The van der Waals surface area contributed by atoms with Crippen LogP contribution in [0.4, 0.5) is 5.69 Å². The summed E-state index contributed by atoms with van der Waals surface area (Å²) in [5.41, 5.74) is 0.955. The van der Waals surface area contributed by atoms with Crippen LogP contribution in [-0.2, 0) is 9.59 Å². The maximum atomic E-state index is 12.4. The molecule has 1 rings (SSSR count). The smallest absolute Gasteiger partial charge is 0.308 e. The van der Waals surface area contributed by atoms with Crippen molar-refractivity contribution in [2.24, 2.45) is 5.92 Å². The number of anilines is 1. The number of nitrogens with one attached hydrogen (secondary N) is 1. The molecule has 0 aliphatic carbocycles. The van der Waals surface area contributed by atoms with E-state index in [4.69, 9.17) is 5.11 Å². The molecule has 1 aromatic rings. The third kappa shape index (κ3) is 4.91. The Balaban J connectivity index is 2.89. The van der Waals surface area contributed by atoms with Gasteiger partial charge in [-0.1, -0.05) is 13.0 Å². The molecule has 0 saturated carbocycles. The summed E-state index contributed by atoms with van der Waals surface area (Å²) in [6, 6.07) is 6.58. The van der Waals surface area contributed by atoms with Crippen molar-refractivity contribution in [3.63, 3.8) is 0 Å². The fourth-order valence-electron chi connectivity index (χ4n) is 1.88. The van der Waals surface area contributed by atoms with Gasteiger partial charge in [0.2, 0.25) is 5.91 Å². The van der Waals surface area contributed by atoms with E-state index in [-0.39, 0.29) is 18.4 Å². The lowest BCUT2D eigenvalue weighted by atomic mass is 10.1. The van der Waals surface area contributed by atoms with Crippen LogP contribution in [0.3, 0.4) is 0 Å². The highest BCUT2D eigenvalue weighted by Crippen LogP contribution is 2.14. The Labute approximate surface area is 123 Å². The largest absolute Gasteiger partial charge is 0.481 e. The van der Waals surface area contributed by atoms with E-state index < -0.39 is 11.9 Å². The Hall–Kier alpha value is -2.37. The topological polar surface area (TPSA) is 86.7 Å². The van der Waals surface area contributed by atoms with Crippen molar-refractivity contribution < 1.29 is 19.5 Å². The van der Waals surface area contributed by atoms with Crippen LogP contribution in [-0.4, -0.2) is 40.9 Å². The summed E-state index contributed by atoms with van der Waals surface area (Å²) >= 11 is 0. The zero-order valence-corrected chi connectivity index (χ0v) is 12.4. The zero-order valence-electron chi connectivity index (χ0n) is 12.4. The molecule has 1 aromatic carbocycles. The van der Waals surface area contributed by atoms with Crippen LogP contribution < -0.4 is 5.32 Å². The second-order valence-electron chi connectivity index (χ2n) is 4.85. The molecule has 0 spiro atoms. The molecule has 6 heteroatoms. The van der Waals surface area contributed by atoms with E-state index in [0.717, 1.165) is 0 Å². The van der Waals surface area contributed by atoms with E-state index in [0.29, 0.717) is 17.8 Å². The number of hydrogen-bond donors (Lipinski definition) is 2. The van der Waals surface area contributed by atoms with Gasteiger partial charge in [0.1, 0.15) is 0 Å². The maximum Gasteiger partial charge on any atom is 0.308 e. The monoisotopic (exact) mass is 292 g/mol. The molecule has 114 valence electrons. The van der Waals surface area contributed by atoms with Crippen LogP contribution in [0.15, 0.2) is 24.3 Å². The van der Waals surface area contributed by atoms with E-state index >= 15 is 0 Å². The van der Waals surface area contributed by atoms with Crippen molar-refractivity contribution in [3.05, 3.63) is 29.8 Å². The Kier molecular flexibility index (Phi) is 5.90. The highest BCUT2D eigenvalue weighted by atomic mass is 16.4. The number of hydrogen-bond acceptors (Lipinski definition) is 3. The summed E-state index contributed by atoms with van der Waals surface area (Å²) in [7, 11) is 0. The van der Waals surface area contributed by atoms with Gasteiger partial charge in [0, 0.05) is 31.3 Å². The number of benzene rings is 1. The first kappa shape index (κ1) is 16.7. The molecule has 0 radical (unpaired) electrons. The van der Waals surface area contributed by atoms with Gasteiger partial charge in [-0.05, 0) is 25.1 Å². The van der Waals surface area contributed by atoms with Crippen LogP contribution in [0.25, 0.3) is 0 Å². The molecular formula is C15H20N2O4. The van der Waals surface area contributed by atoms with E-state index in [1.54, 1.807) is 38.1 Å². The van der Waals surface area contributed by atoms with E-state index in [1.807, 2.05) is 0 Å². The molecule has 0 saturated heterocycles. The zero-order chi connectivity index (χ0) is 16.0. The highest BCUT2D eigenvalue weighted by Gasteiger charge is 2.20. The number of aliphatic carboxylic acids is 1. The number of carboxylic acid groups (broad SMARTS) is 1. The van der Waals surface area contributed by atoms with E-state index in [1.165, 1.54) is 11.8 Å². The summed E-state index contributed by atoms with van der Waals surface area (Å²) < 4.78 is 0. The predicted octanol–water partition coefficient (Wildman–Crippen LogP) is 1.83. The Morgan fingerprint density at radius 3 is 2.52 bits per heavy atom. The van der Waals surface area contributed by atoms with Gasteiger partial charge in [0.25, 0.3) is 5.91 Å². The molecule has 0 aromatic heterocycles. The molecule has 1 unspecified atom stereocenters. The number of rotatable bonds is 6. The molecule has 6 nitrogen and oxygen atoms in total. The molecule has 2 amide bonds. The lowest BCUT2D eigenvalue weighted by Crippen LogP contribution is -2.36. The number of carbonyl (C=O) groups is 3. The highest BCUT2D eigenvalue weighted by molar-refractivity contribution is 5.97. The summed E-state index contributed by atoms with van der Waals surface area (Å²) in [6.45, 7) is 5.31. The van der Waals surface area contributed by atoms with Crippen molar-refractivity contribution in [2.75, 3.05) is 18.4 Å². The summed E-state index contributed by atoms with van der Waals surface area (Å²) in [4.78, 5) is 35.8. The number of amides is 2. The van der Waals surface area contributed by atoms with Gasteiger partial charge in [-0.2, -0.15) is 0 Å².